The van der Waals surface area contributed by atoms with Gasteiger partial charge in [-0.3, -0.25) is 0 Å². The number of allylic oxidation sites excluding steroid dienone is 4. The van der Waals surface area contributed by atoms with Crippen molar-refractivity contribution in [1.29, 1.82) is 0 Å². The molecule has 0 aliphatic carbocycles. The number of terminal acetylenes is 1. The standard InChI is InChI=1S/C11H7O5P.C2H2/c1-2-17(9-16,10(7-14)3-5-12)11(8-15)4-6-13;1-2/h3-4H,2H2,1H3;1-2H. The molecular formula is C13H9O5P. The third-order valence-electron chi connectivity index (χ3n) is 2.05. The van der Waals surface area contributed by atoms with Gasteiger partial charge < -0.3 is 0 Å². The summed E-state index contributed by atoms with van der Waals surface area (Å²) in [6.07, 6.45) is 9.47. The van der Waals surface area contributed by atoms with Crippen LogP contribution in [0.5, 0.6) is 0 Å². The molecule has 0 bridgehead atoms. The van der Waals surface area contributed by atoms with E-state index in [4.69, 9.17) is 0 Å². The monoisotopic (exact) mass is 276 g/mol. The maximum absolute atomic E-state index is 11.0. The molecule has 0 aliphatic rings. The summed E-state index contributed by atoms with van der Waals surface area (Å²) in [6.45, 7) is -1.65. The topological polar surface area (TPSA) is 85.3 Å². The Morgan fingerprint density at radius 3 is 1.47 bits per heavy atom. The molecule has 0 aromatic carbocycles. The lowest BCUT2D eigenvalue weighted by Gasteiger charge is -2.15. The van der Waals surface area contributed by atoms with Crippen LogP contribution in [0.4, 0.5) is 0 Å². The van der Waals surface area contributed by atoms with Crippen molar-refractivity contribution >= 4 is 36.3 Å². The molecular weight excluding hydrogens is 267 g/mol. The molecule has 19 heavy (non-hydrogen) atoms. The van der Waals surface area contributed by atoms with Gasteiger partial charge in [-0.05, 0) is 6.16 Å². The first-order valence-electron chi connectivity index (χ1n) is 4.70. The SMILES string of the molecule is C#C.CCP(=C=O)(C(=C=O)C=C=O)C(=C=O)C=C=O. The van der Waals surface area contributed by atoms with Crippen molar-refractivity contribution in [3.8, 4) is 12.8 Å². The van der Waals surface area contributed by atoms with E-state index in [2.05, 4.69) is 12.8 Å². The maximum Gasteiger partial charge on any atom is 0.134 e. The Balaban J connectivity index is 0. The van der Waals surface area contributed by atoms with Crippen LogP contribution in [0.1, 0.15) is 6.92 Å². The number of rotatable bonds is 5. The van der Waals surface area contributed by atoms with Gasteiger partial charge in [0.05, 0.1) is 17.5 Å². The van der Waals surface area contributed by atoms with Gasteiger partial charge >= 0.3 is 0 Å². The summed E-state index contributed by atoms with van der Waals surface area (Å²) >= 11 is 0. The van der Waals surface area contributed by atoms with Crippen LogP contribution in [0.2, 0.25) is 0 Å². The smallest absolute Gasteiger partial charge is 0.134 e. The zero-order chi connectivity index (χ0) is 15.3. The lowest BCUT2D eigenvalue weighted by atomic mass is 10.6. The molecule has 0 atom stereocenters. The second-order valence-corrected chi connectivity index (χ2v) is 6.11. The summed E-state index contributed by atoms with van der Waals surface area (Å²) in [4.78, 5) is 52.9. The first-order chi connectivity index (χ1) is 9.16. The summed E-state index contributed by atoms with van der Waals surface area (Å²) in [5, 5.41) is -0.648. The molecule has 0 radical (unpaired) electrons. The molecule has 0 saturated heterocycles. The maximum atomic E-state index is 11.0. The van der Waals surface area contributed by atoms with Gasteiger partial charge in [0.25, 0.3) is 0 Å². The molecule has 0 N–H and O–H groups in total. The Kier molecular flexibility index (Phi) is 10.4. The van der Waals surface area contributed by atoms with E-state index in [9.17, 15) is 24.0 Å². The van der Waals surface area contributed by atoms with Gasteiger partial charge in [-0.2, -0.15) is 0 Å². The zero-order valence-corrected chi connectivity index (χ0v) is 10.9. The van der Waals surface area contributed by atoms with Crippen LogP contribution in [0, 0.1) is 12.8 Å². The third kappa shape index (κ3) is 4.27. The first-order valence-corrected chi connectivity index (χ1v) is 6.68. The first kappa shape index (κ1) is 18.7. The lowest BCUT2D eigenvalue weighted by molar-refractivity contribution is 0.565. The van der Waals surface area contributed by atoms with Crippen LogP contribution in [-0.2, 0) is 24.0 Å². The number of hydrogen-bond donors (Lipinski definition) is 0. The predicted octanol–water partition coefficient (Wildman–Crippen LogP) is 0.547. The van der Waals surface area contributed by atoms with Crippen LogP contribution in [-0.4, -0.2) is 35.6 Å². The molecule has 0 aromatic rings. The van der Waals surface area contributed by atoms with Gasteiger partial charge in [-0.1, -0.05) is 6.92 Å². The van der Waals surface area contributed by atoms with E-state index >= 15 is 0 Å². The predicted molar refractivity (Wildman–Crippen MR) is 72.0 cm³/mol. The van der Waals surface area contributed by atoms with E-state index < -0.39 is 6.89 Å². The molecule has 5 nitrogen and oxygen atoms in total. The van der Waals surface area contributed by atoms with E-state index in [1.807, 2.05) is 0 Å². The van der Waals surface area contributed by atoms with Gasteiger partial charge in [0.15, 0.2) is 0 Å². The van der Waals surface area contributed by atoms with Crippen LogP contribution >= 0.6 is 6.89 Å². The summed E-state index contributed by atoms with van der Waals surface area (Å²) in [7, 11) is 0. The van der Waals surface area contributed by atoms with Gasteiger partial charge in [-0.15, -0.1) is 12.8 Å². The molecule has 0 rings (SSSR count). The molecule has 0 heterocycles. The summed E-state index contributed by atoms with van der Waals surface area (Å²) in [6, 6.07) is 0. The highest BCUT2D eigenvalue weighted by atomic mass is 31.2. The van der Waals surface area contributed by atoms with E-state index in [-0.39, 0.29) is 16.8 Å². The fourth-order valence-corrected chi connectivity index (χ4v) is 3.30. The highest BCUT2D eigenvalue weighted by molar-refractivity contribution is 7.82. The van der Waals surface area contributed by atoms with Crippen molar-refractivity contribution in [2.24, 2.45) is 0 Å². The Morgan fingerprint density at radius 2 is 1.32 bits per heavy atom. The molecule has 96 valence electrons. The Labute approximate surface area is 110 Å². The van der Waals surface area contributed by atoms with Crippen LogP contribution < -0.4 is 0 Å². The largest absolute Gasteiger partial charge is 0.234 e. The lowest BCUT2D eigenvalue weighted by Crippen LogP contribution is -1.96. The fourth-order valence-electron chi connectivity index (χ4n) is 1.18. The van der Waals surface area contributed by atoms with Crippen LogP contribution in [0.3, 0.4) is 0 Å². The minimum Gasteiger partial charge on any atom is -0.234 e. The molecule has 0 unspecified atom stereocenters. The van der Waals surface area contributed by atoms with E-state index in [0.29, 0.717) is 12.2 Å². The van der Waals surface area contributed by atoms with Crippen molar-refractivity contribution < 1.29 is 24.0 Å². The summed E-state index contributed by atoms with van der Waals surface area (Å²) in [5.74, 6) is 5.47. The van der Waals surface area contributed by atoms with Crippen molar-refractivity contribution in [2.45, 2.75) is 6.92 Å². The van der Waals surface area contributed by atoms with Gasteiger partial charge in [0.1, 0.15) is 29.4 Å². The van der Waals surface area contributed by atoms with Crippen molar-refractivity contribution in [2.75, 3.05) is 6.16 Å². The van der Waals surface area contributed by atoms with E-state index in [0.717, 1.165) is 0 Å². The average Bonchev–Trinajstić information content (AvgIpc) is 2.48. The molecule has 6 heteroatoms. The van der Waals surface area contributed by atoms with Crippen molar-refractivity contribution in [3.05, 3.63) is 22.8 Å². The highest BCUT2D eigenvalue weighted by Crippen LogP contribution is 2.59. The number of carbonyl (C=O) groups excluding carboxylic acids is 5. The Hall–Kier alpha value is -2.63. The molecule has 0 aliphatic heterocycles. The van der Waals surface area contributed by atoms with Crippen LogP contribution in [0.25, 0.3) is 0 Å². The minimum atomic E-state index is -3.17. The Bertz CT molecular complexity index is 579. The van der Waals surface area contributed by atoms with Crippen molar-refractivity contribution in [1.82, 2.24) is 0 Å². The molecule has 0 aromatic heterocycles. The summed E-state index contributed by atoms with van der Waals surface area (Å²) < 4.78 is 0. The van der Waals surface area contributed by atoms with E-state index in [1.165, 1.54) is 30.7 Å². The van der Waals surface area contributed by atoms with E-state index in [1.54, 1.807) is 5.66 Å². The third-order valence-corrected chi connectivity index (χ3v) is 5.40. The van der Waals surface area contributed by atoms with Gasteiger partial charge in [0.2, 0.25) is 0 Å². The molecule has 0 spiro atoms. The molecule has 0 saturated carbocycles. The van der Waals surface area contributed by atoms with Gasteiger partial charge in [-0.25, -0.2) is 24.0 Å². The molecule has 0 amide bonds. The summed E-state index contributed by atoms with van der Waals surface area (Å²) in [5.41, 5.74) is 1.58. The normalized spacial score (nSPS) is 10.3. The zero-order valence-electron chi connectivity index (χ0n) is 10.0. The molecule has 0 fully saturated rings. The second kappa shape index (κ2) is 10.5. The quantitative estimate of drug-likeness (QED) is 0.317. The highest BCUT2D eigenvalue weighted by Gasteiger charge is 2.27. The Morgan fingerprint density at radius 1 is 0.947 bits per heavy atom. The van der Waals surface area contributed by atoms with Gasteiger partial charge in [0, 0.05) is 12.2 Å². The second-order valence-electron chi connectivity index (χ2n) is 2.72. The van der Waals surface area contributed by atoms with Crippen LogP contribution in [0.15, 0.2) is 22.8 Å². The average molecular weight is 276 g/mol. The minimum absolute atomic E-state index is 0.0437. The fraction of sp³-hybridized carbons (Fsp3) is 0.154. The number of hydrogen-bond acceptors (Lipinski definition) is 5. The van der Waals surface area contributed by atoms with Crippen molar-refractivity contribution in [3.63, 3.8) is 0 Å².